The van der Waals surface area contributed by atoms with Crippen molar-refractivity contribution in [3.05, 3.63) is 18.1 Å². The molecule has 4 rings (SSSR count). The minimum Gasteiger partial charge on any atom is -0.365 e. The lowest BCUT2D eigenvalue weighted by molar-refractivity contribution is -0.134. The van der Waals surface area contributed by atoms with Crippen LogP contribution in [0.2, 0.25) is 0 Å². The van der Waals surface area contributed by atoms with Gasteiger partial charge in [-0.15, -0.1) is 0 Å². The van der Waals surface area contributed by atoms with E-state index in [1.54, 1.807) is 6.20 Å². The standard InChI is InChI=1S/C17H20N6O2/c1-9-4-14(24)22-15(9)17(25)23-7-10-5-12(11(10)8-23)21-16-13(6-18)19-2-3-20-16/h2-3,9-12,15H,4-5,7-8H2,1H3,(H,20,21)(H,22,24). The number of rotatable bonds is 3. The molecule has 1 aromatic rings. The first-order valence-electron chi connectivity index (χ1n) is 8.62. The predicted molar refractivity (Wildman–Crippen MR) is 88.0 cm³/mol. The second kappa shape index (κ2) is 5.99. The second-order valence-electron chi connectivity index (χ2n) is 7.25. The van der Waals surface area contributed by atoms with Gasteiger partial charge in [0, 0.05) is 43.9 Å². The van der Waals surface area contributed by atoms with Gasteiger partial charge < -0.3 is 15.5 Å². The smallest absolute Gasteiger partial charge is 0.245 e. The maximum atomic E-state index is 12.7. The third-order valence-corrected chi connectivity index (χ3v) is 5.66. The summed E-state index contributed by atoms with van der Waals surface area (Å²) in [6.45, 7) is 3.36. The Kier molecular flexibility index (Phi) is 3.79. The van der Waals surface area contributed by atoms with Gasteiger partial charge in [-0.05, 0) is 18.3 Å². The number of aromatic nitrogens is 2. The van der Waals surface area contributed by atoms with Crippen LogP contribution in [0.25, 0.3) is 0 Å². The molecule has 5 atom stereocenters. The van der Waals surface area contributed by atoms with Crippen molar-refractivity contribution in [3.8, 4) is 6.07 Å². The van der Waals surface area contributed by atoms with Crippen molar-refractivity contribution in [1.29, 1.82) is 5.26 Å². The van der Waals surface area contributed by atoms with E-state index in [1.165, 1.54) is 6.20 Å². The molecule has 8 heteroatoms. The van der Waals surface area contributed by atoms with E-state index < -0.39 is 0 Å². The van der Waals surface area contributed by atoms with E-state index in [-0.39, 0.29) is 29.8 Å². The Morgan fingerprint density at radius 2 is 2.20 bits per heavy atom. The Morgan fingerprint density at radius 3 is 2.92 bits per heavy atom. The molecule has 8 nitrogen and oxygen atoms in total. The quantitative estimate of drug-likeness (QED) is 0.809. The number of nitrogens with one attached hydrogen (secondary N) is 2. The molecule has 2 N–H and O–H groups in total. The monoisotopic (exact) mass is 340 g/mol. The van der Waals surface area contributed by atoms with E-state index in [0.29, 0.717) is 36.3 Å². The number of anilines is 1. The number of amides is 2. The Bertz CT molecular complexity index is 760. The minimum absolute atomic E-state index is 0.0312. The molecular formula is C17H20N6O2. The summed E-state index contributed by atoms with van der Waals surface area (Å²) in [5.74, 6) is 1.36. The van der Waals surface area contributed by atoms with E-state index in [0.717, 1.165) is 13.0 Å². The van der Waals surface area contributed by atoms with Crippen LogP contribution in [-0.2, 0) is 9.59 Å². The molecule has 1 aliphatic carbocycles. The van der Waals surface area contributed by atoms with Crippen molar-refractivity contribution < 1.29 is 9.59 Å². The zero-order valence-corrected chi connectivity index (χ0v) is 14.0. The van der Waals surface area contributed by atoms with Crippen molar-refractivity contribution in [2.24, 2.45) is 17.8 Å². The molecule has 3 aliphatic rings. The summed E-state index contributed by atoms with van der Waals surface area (Å²) in [7, 11) is 0. The van der Waals surface area contributed by atoms with Crippen molar-refractivity contribution in [3.63, 3.8) is 0 Å². The van der Waals surface area contributed by atoms with Gasteiger partial charge in [-0.3, -0.25) is 9.59 Å². The Hall–Kier alpha value is -2.69. The average Bonchev–Trinajstić information content (AvgIpc) is 3.11. The van der Waals surface area contributed by atoms with Gasteiger partial charge in [0.2, 0.25) is 11.8 Å². The molecule has 1 saturated carbocycles. The van der Waals surface area contributed by atoms with Crippen LogP contribution in [0.3, 0.4) is 0 Å². The number of carbonyl (C=O) groups excluding carboxylic acids is 2. The highest BCUT2D eigenvalue weighted by atomic mass is 16.2. The van der Waals surface area contributed by atoms with Crippen molar-refractivity contribution >= 4 is 17.6 Å². The molecule has 2 saturated heterocycles. The van der Waals surface area contributed by atoms with Gasteiger partial charge in [-0.25, -0.2) is 9.97 Å². The molecule has 0 bridgehead atoms. The summed E-state index contributed by atoms with van der Waals surface area (Å²) in [6, 6.07) is 1.85. The number of hydrogen-bond donors (Lipinski definition) is 2. The largest absolute Gasteiger partial charge is 0.365 e. The molecule has 3 heterocycles. The van der Waals surface area contributed by atoms with Crippen LogP contribution in [-0.4, -0.2) is 51.9 Å². The van der Waals surface area contributed by atoms with Crippen molar-refractivity contribution in [2.45, 2.75) is 31.8 Å². The zero-order chi connectivity index (χ0) is 17.6. The van der Waals surface area contributed by atoms with Crippen LogP contribution in [0, 0.1) is 29.1 Å². The van der Waals surface area contributed by atoms with Gasteiger partial charge in [0.1, 0.15) is 12.1 Å². The zero-order valence-electron chi connectivity index (χ0n) is 14.0. The molecule has 1 aromatic heterocycles. The summed E-state index contributed by atoms with van der Waals surface area (Å²) < 4.78 is 0. The first-order valence-corrected chi connectivity index (χ1v) is 8.62. The predicted octanol–water partition coefficient (Wildman–Crippen LogP) is 0.132. The normalized spacial score (nSPS) is 33.2. The summed E-state index contributed by atoms with van der Waals surface area (Å²) >= 11 is 0. The van der Waals surface area contributed by atoms with Crippen LogP contribution in [0.5, 0.6) is 0 Å². The first kappa shape index (κ1) is 15.8. The lowest BCUT2D eigenvalue weighted by Crippen LogP contribution is -2.46. The Labute approximate surface area is 145 Å². The molecule has 0 aromatic carbocycles. The highest BCUT2D eigenvalue weighted by Gasteiger charge is 2.50. The molecular weight excluding hydrogens is 320 g/mol. The van der Waals surface area contributed by atoms with Gasteiger partial charge in [0.15, 0.2) is 11.5 Å². The average molecular weight is 340 g/mol. The molecule has 0 spiro atoms. The third-order valence-electron chi connectivity index (χ3n) is 5.66. The van der Waals surface area contributed by atoms with Crippen LogP contribution in [0.1, 0.15) is 25.5 Å². The van der Waals surface area contributed by atoms with E-state index >= 15 is 0 Å². The van der Waals surface area contributed by atoms with Crippen LogP contribution in [0.4, 0.5) is 5.82 Å². The summed E-state index contributed by atoms with van der Waals surface area (Å²) in [5, 5.41) is 15.2. The van der Waals surface area contributed by atoms with Crippen LogP contribution in [0.15, 0.2) is 12.4 Å². The number of nitrogens with zero attached hydrogens (tertiary/aromatic N) is 4. The van der Waals surface area contributed by atoms with Gasteiger partial charge in [0.25, 0.3) is 0 Å². The maximum Gasteiger partial charge on any atom is 0.245 e. The number of likely N-dealkylation sites (tertiary alicyclic amines) is 1. The summed E-state index contributed by atoms with van der Waals surface area (Å²) in [5.41, 5.74) is 0.291. The Morgan fingerprint density at radius 1 is 1.40 bits per heavy atom. The third kappa shape index (κ3) is 2.69. The van der Waals surface area contributed by atoms with Gasteiger partial charge in [-0.1, -0.05) is 6.92 Å². The maximum absolute atomic E-state index is 12.7. The van der Waals surface area contributed by atoms with E-state index in [2.05, 4.69) is 20.6 Å². The number of hydrogen-bond acceptors (Lipinski definition) is 6. The van der Waals surface area contributed by atoms with Crippen molar-refractivity contribution in [2.75, 3.05) is 18.4 Å². The lowest BCUT2D eigenvalue weighted by Gasteiger charge is -2.39. The second-order valence-corrected chi connectivity index (χ2v) is 7.25. The fraction of sp³-hybridized carbons (Fsp3) is 0.588. The van der Waals surface area contributed by atoms with E-state index in [9.17, 15) is 9.59 Å². The number of fused-ring (bicyclic) bond motifs is 1. The van der Waals surface area contributed by atoms with Gasteiger partial charge in [-0.2, -0.15) is 5.26 Å². The topological polar surface area (TPSA) is 111 Å². The Balaban J connectivity index is 1.39. The molecule has 3 fully saturated rings. The number of nitriles is 1. The molecule has 0 radical (unpaired) electrons. The molecule has 2 amide bonds. The number of carbonyl (C=O) groups is 2. The minimum atomic E-state index is -0.387. The van der Waals surface area contributed by atoms with Gasteiger partial charge in [0.05, 0.1) is 0 Å². The molecule has 130 valence electrons. The fourth-order valence-electron chi connectivity index (χ4n) is 4.24. The SMILES string of the molecule is CC1CC(=O)NC1C(=O)N1CC2CC(Nc3nccnc3C#N)C2C1. The lowest BCUT2D eigenvalue weighted by atomic mass is 9.71. The van der Waals surface area contributed by atoms with Crippen molar-refractivity contribution in [1.82, 2.24) is 20.2 Å². The summed E-state index contributed by atoms with van der Waals surface area (Å²) in [4.78, 5) is 34.3. The summed E-state index contributed by atoms with van der Waals surface area (Å²) in [6.07, 6.45) is 4.43. The van der Waals surface area contributed by atoms with Crippen LogP contribution >= 0.6 is 0 Å². The van der Waals surface area contributed by atoms with E-state index in [4.69, 9.17) is 5.26 Å². The molecule has 25 heavy (non-hydrogen) atoms. The van der Waals surface area contributed by atoms with Crippen LogP contribution < -0.4 is 10.6 Å². The fourth-order valence-corrected chi connectivity index (χ4v) is 4.24. The molecule has 5 unspecified atom stereocenters. The van der Waals surface area contributed by atoms with Gasteiger partial charge >= 0.3 is 0 Å². The highest BCUT2D eigenvalue weighted by Crippen LogP contribution is 2.42. The molecule has 2 aliphatic heterocycles. The first-order chi connectivity index (χ1) is 12.1. The highest BCUT2D eigenvalue weighted by molar-refractivity contribution is 5.91. The van der Waals surface area contributed by atoms with E-state index in [1.807, 2.05) is 17.9 Å².